The number of aryl methyl sites for hydroxylation is 1. The maximum atomic E-state index is 4.24. The largest absolute Gasteiger partial charge is 0.311 e. The Hall–Kier alpha value is -0.870. The molecule has 1 aromatic rings. The highest BCUT2D eigenvalue weighted by Crippen LogP contribution is 2.18. The van der Waals surface area contributed by atoms with Crippen molar-refractivity contribution in [3.63, 3.8) is 0 Å². The van der Waals surface area contributed by atoms with Crippen molar-refractivity contribution in [2.75, 3.05) is 19.6 Å². The number of hydrogen-bond acceptors (Lipinski definition) is 3. The van der Waals surface area contributed by atoms with Gasteiger partial charge in [-0.05, 0) is 52.1 Å². The number of hydrogen-bond donors (Lipinski definition) is 1. The van der Waals surface area contributed by atoms with Crippen LogP contribution < -0.4 is 5.32 Å². The molecule has 0 aliphatic carbocycles. The van der Waals surface area contributed by atoms with E-state index < -0.39 is 0 Å². The molecule has 0 spiro atoms. The Bertz CT molecular complexity index is 391. The monoisotopic (exact) mass is 264 g/mol. The molecule has 2 heterocycles. The standard InChI is InChI=1S/C15H28N4/c1-15(2,3)16-11-14-6-5-8-19(14)9-7-13-10-17-18(4)12-13/h10,12,14,16H,5-9,11H2,1-4H3. The summed E-state index contributed by atoms with van der Waals surface area (Å²) in [6, 6.07) is 0.705. The highest BCUT2D eigenvalue weighted by Gasteiger charge is 2.25. The summed E-state index contributed by atoms with van der Waals surface area (Å²) < 4.78 is 1.89. The molecule has 0 aromatic carbocycles. The highest BCUT2D eigenvalue weighted by atomic mass is 15.2. The van der Waals surface area contributed by atoms with Crippen molar-refractivity contribution in [1.82, 2.24) is 20.0 Å². The van der Waals surface area contributed by atoms with E-state index in [4.69, 9.17) is 0 Å². The van der Waals surface area contributed by atoms with Gasteiger partial charge in [0.2, 0.25) is 0 Å². The van der Waals surface area contributed by atoms with Gasteiger partial charge in [0, 0.05) is 37.9 Å². The van der Waals surface area contributed by atoms with E-state index in [0.29, 0.717) is 6.04 Å². The van der Waals surface area contributed by atoms with Crippen molar-refractivity contribution in [3.05, 3.63) is 18.0 Å². The van der Waals surface area contributed by atoms with Gasteiger partial charge < -0.3 is 5.32 Å². The third-order valence-corrected chi connectivity index (χ3v) is 3.81. The van der Waals surface area contributed by atoms with Gasteiger partial charge in [0.1, 0.15) is 0 Å². The van der Waals surface area contributed by atoms with Gasteiger partial charge in [-0.3, -0.25) is 9.58 Å². The molecule has 0 saturated carbocycles. The third-order valence-electron chi connectivity index (χ3n) is 3.81. The normalized spacial score (nSPS) is 21.2. The van der Waals surface area contributed by atoms with E-state index in [1.54, 1.807) is 0 Å². The molecule has 2 rings (SSSR count). The van der Waals surface area contributed by atoms with Gasteiger partial charge in [-0.25, -0.2) is 0 Å². The third kappa shape index (κ3) is 4.62. The summed E-state index contributed by atoms with van der Waals surface area (Å²) in [6.45, 7) is 10.2. The van der Waals surface area contributed by atoms with Crippen LogP contribution in [0.4, 0.5) is 0 Å². The molecule has 1 atom stereocenters. The number of rotatable bonds is 5. The lowest BCUT2D eigenvalue weighted by Gasteiger charge is -2.28. The Kier molecular flexibility index (Phi) is 4.63. The van der Waals surface area contributed by atoms with Gasteiger partial charge in [-0.1, -0.05) is 0 Å². The Morgan fingerprint density at radius 3 is 2.84 bits per heavy atom. The van der Waals surface area contributed by atoms with E-state index in [1.165, 1.54) is 24.9 Å². The van der Waals surface area contributed by atoms with Crippen LogP contribution in [0.1, 0.15) is 39.2 Å². The first-order chi connectivity index (χ1) is 8.94. The first-order valence-corrected chi connectivity index (χ1v) is 7.41. The van der Waals surface area contributed by atoms with Gasteiger partial charge in [0.15, 0.2) is 0 Å². The Morgan fingerprint density at radius 2 is 2.21 bits per heavy atom. The number of nitrogens with zero attached hydrogens (tertiary/aromatic N) is 3. The van der Waals surface area contributed by atoms with E-state index in [1.807, 2.05) is 17.9 Å². The van der Waals surface area contributed by atoms with Gasteiger partial charge >= 0.3 is 0 Å². The summed E-state index contributed by atoms with van der Waals surface area (Å²) >= 11 is 0. The number of nitrogens with one attached hydrogen (secondary N) is 1. The molecule has 19 heavy (non-hydrogen) atoms. The fraction of sp³-hybridized carbons (Fsp3) is 0.800. The first-order valence-electron chi connectivity index (χ1n) is 7.41. The fourth-order valence-electron chi connectivity index (χ4n) is 2.72. The molecule has 0 amide bonds. The second-order valence-corrected chi connectivity index (χ2v) is 6.74. The second kappa shape index (κ2) is 6.06. The van der Waals surface area contributed by atoms with Crippen LogP contribution in [-0.4, -0.2) is 45.9 Å². The van der Waals surface area contributed by atoms with Crippen molar-refractivity contribution < 1.29 is 0 Å². The second-order valence-electron chi connectivity index (χ2n) is 6.74. The van der Waals surface area contributed by atoms with Crippen molar-refractivity contribution in [3.8, 4) is 0 Å². The summed E-state index contributed by atoms with van der Waals surface area (Å²) in [6.07, 6.45) is 7.89. The molecule has 1 aromatic heterocycles. The van der Waals surface area contributed by atoms with Crippen molar-refractivity contribution in [2.45, 2.75) is 51.6 Å². The van der Waals surface area contributed by atoms with Crippen LogP contribution >= 0.6 is 0 Å². The van der Waals surface area contributed by atoms with Crippen molar-refractivity contribution >= 4 is 0 Å². The molecule has 4 heteroatoms. The zero-order valence-electron chi connectivity index (χ0n) is 12.8. The topological polar surface area (TPSA) is 33.1 Å². The molecule has 1 aliphatic heterocycles. The SMILES string of the molecule is Cn1cc(CCN2CCCC2CNC(C)(C)C)cn1. The molecule has 4 nitrogen and oxygen atoms in total. The summed E-state index contributed by atoms with van der Waals surface area (Å²) in [7, 11) is 1.98. The molecule has 1 fully saturated rings. The summed E-state index contributed by atoms with van der Waals surface area (Å²) in [4.78, 5) is 2.63. The first kappa shape index (κ1) is 14.5. The van der Waals surface area contributed by atoms with E-state index >= 15 is 0 Å². The highest BCUT2D eigenvalue weighted by molar-refractivity contribution is 5.04. The molecule has 1 aliphatic rings. The molecule has 1 unspecified atom stereocenters. The zero-order valence-corrected chi connectivity index (χ0v) is 12.8. The van der Waals surface area contributed by atoms with E-state index in [2.05, 4.69) is 42.3 Å². The van der Waals surface area contributed by atoms with Gasteiger partial charge in [-0.15, -0.1) is 0 Å². The Morgan fingerprint density at radius 1 is 1.42 bits per heavy atom. The van der Waals surface area contributed by atoms with E-state index in [9.17, 15) is 0 Å². The summed E-state index contributed by atoms with van der Waals surface area (Å²) in [5.74, 6) is 0. The molecule has 1 N–H and O–H groups in total. The Balaban J connectivity index is 1.78. The van der Waals surface area contributed by atoms with Crippen LogP contribution in [0.5, 0.6) is 0 Å². The van der Waals surface area contributed by atoms with Crippen molar-refractivity contribution in [2.24, 2.45) is 7.05 Å². The maximum absolute atomic E-state index is 4.24. The predicted molar refractivity (Wildman–Crippen MR) is 79.3 cm³/mol. The van der Waals surface area contributed by atoms with E-state index in [0.717, 1.165) is 19.5 Å². The van der Waals surface area contributed by atoms with Crippen LogP contribution in [-0.2, 0) is 13.5 Å². The predicted octanol–water partition coefficient (Wildman–Crippen LogP) is 1.82. The van der Waals surface area contributed by atoms with E-state index in [-0.39, 0.29) is 5.54 Å². The lowest BCUT2D eigenvalue weighted by molar-refractivity contribution is 0.236. The molecule has 1 saturated heterocycles. The quantitative estimate of drug-likeness (QED) is 0.880. The number of likely N-dealkylation sites (tertiary alicyclic amines) is 1. The van der Waals surface area contributed by atoms with Gasteiger partial charge in [0.05, 0.1) is 6.20 Å². The van der Waals surface area contributed by atoms with Gasteiger partial charge in [-0.2, -0.15) is 5.10 Å². The summed E-state index contributed by atoms with van der Waals surface area (Å²) in [5, 5.41) is 7.87. The molecule has 108 valence electrons. The van der Waals surface area contributed by atoms with Crippen LogP contribution in [0, 0.1) is 0 Å². The molecule has 0 radical (unpaired) electrons. The van der Waals surface area contributed by atoms with Crippen molar-refractivity contribution in [1.29, 1.82) is 0 Å². The maximum Gasteiger partial charge on any atom is 0.0522 e. The van der Waals surface area contributed by atoms with Crippen LogP contribution in [0.2, 0.25) is 0 Å². The molecule has 0 bridgehead atoms. The minimum Gasteiger partial charge on any atom is -0.311 e. The average Bonchev–Trinajstić information content (AvgIpc) is 2.91. The van der Waals surface area contributed by atoms with Crippen LogP contribution in [0.25, 0.3) is 0 Å². The summed E-state index contributed by atoms with van der Waals surface area (Å²) in [5.41, 5.74) is 1.56. The zero-order chi connectivity index (χ0) is 13.9. The Labute approximate surface area is 117 Å². The minimum absolute atomic E-state index is 0.220. The average molecular weight is 264 g/mol. The molecular weight excluding hydrogens is 236 g/mol. The lowest BCUT2D eigenvalue weighted by atomic mass is 10.1. The smallest absolute Gasteiger partial charge is 0.0522 e. The minimum atomic E-state index is 0.220. The van der Waals surface area contributed by atoms with Crippen LogP contribution in [0.15, 0.2) is 12.4 Å². The molecular formula is C15H28N4. The lowest BCUT2D eigenvalue weighted by Crippen LogP contribution is -2.45. The number of aromatic nitrogens is 2. The van der Waals surface area contributed by atoms with Gasteiger partial charge in [0.25, 0.3) is 0 Å². The fourth-order valence-corrected chi connectivity index (χ4v) is 2.72. The van der Waals surface area contributed by atoms with Crippen LogP contribution in [0.3, 0.4) is 0 Å².